The molecule has 20 heavy (non-hydrogen) atoms. The zero-order valence-corrected chi connectivity index (χ0v) is 12.6. The average Bonchev–Trinajstić information content (AvgIpc) is 2.48. The molecule has 0 aliphatic carbocycles. The molecule has 1 aliphatic rings. The average molecular weight is 277 g/mol. The molecule has 4 heteroatoms. The first-order chi connectivity index (χ1) is 9.81. The Balaban J connectivity index is 1.85. The summed E-state index contributed by atoms with van der Waals surface area (Å²) in [5.74, 6) is 0. The fraction of sp³-hybridized carbons (Fsp3) is 0.688. The largest absolute Gasteiger partial charge is 0.315 e. The Bertz CT molecular complexity index is 443. The molecule has 0 bridgehead atoms. The molecule has 1 saturated heterocycles. The number of nitrogens with zero attached hydrogens (tertiary/aromatic N) is 2. The van der Waals surface area contributed by atoms with Gasteiger partial charge in [0.15, 0.2) is 0 Å². The van der Waals surface area contributed by atoms with Crippen molar-refractivity contribution in [3.8, 4) is 0 Å². The van der Waals surface area contributed by atoms with Gasteiger partial charge in [0.1, 0.15) is 0 Å². The van der Waals surface area contributed by atoms with Gasteiger partial charge in [-0.05, 0) is 38.4 Å². The van der Waals surface area contributed by atoms with Crippen LogP contribution in [-0.2, 0) is 6.54 Å². The van der Waals surface area contributed by atoms with Crippen molar-refractivity contribution < 1.29 is 0 Å². The van der Waals surface area contributed by atoms with Crippen molar-refractivity contribution in [3.05, 3.63) is 34.7 Å². The molecule has 2 heterocycles. The lowest BCUT2D eigenvalue weighted by Crippen LogP contribution is -2.47. The maximum Gasteiger partial charge on any atom is 0.250 e. The normalized spacial score (nSPS) is 20.1. The Morgan fingerprint density at radius 3 is 3.00 bits per heavy atom. The highest BCUT2D eigenvalue weighted by atomic mass is 16.1. The monoisotopic (exact) mass is 277 g/mol. The quantitative estimate of drug-likeness (QED) is 0.771. The third-order valence-corrected chi connectivity index (χ3v) is 4.08. The van der Waals surface area contributed by atoms with Gasteiger partial charge in [0.2, 0.25) is 0 Å². The molecular formula is C16H27N3O. The van der Waals surface area contributed by atoms with E-state index in [-0.39, 0.29) is 5.56 Å². The maximum absolute atomic E-state index is 11.7. The van der Waals surface area contributed by atoms with E-state index in [9.17, 15) is 4.79 Å². The van der Waals surface area contributed by atoms with Crippen LogP contribution < -0.4 is 10.9 Å². The van der Waals surface area contributed by atoms with Gasteiger partial charge in [0, 0.05) is 37.9 Å². The summed E-state index contributed by atoms with van der Waals surface area (Å²) < 4.78 is 1.81. The summed E-state index contributed by atoms with van der Waals surface area (Å²) in [7, 11) is 0. The Morgan fingerprint density at radius 1 is 1.30 bits per heavy atom. The number of pyridine rings is 1. The van der Waals surface area contributed by atoms with Crippen LogP contribution >= 0.6 is 0 Å². The van der Waals surface area contributed by atoms with E-state index >= 15 is 0 Å². The third-order valence-electron chi connectivity index (χ3n) is 4.08. The first kappa shape index (κ1) is 15.3. The molecule has 1 fully saturated rings. The second-order valence-corrected chi connectivity index (χ2v) is 5.62. The number of hydrogen-bond acceptors (Lipinski definition) is 3. The number of rotatable bonds is 7. The van der Waals surface area contributed by atoms with Gasteiger partial charge in [-0.2, -0.15) is 0 Å². The van der Waals surface area contributed by atoms with E-state index in [0.29, 0.717) is 6.04 Å². The van der Waals surface area contributed by atoms with Gasteiger partial charge < -0.3 is 9.88 Å². The van der Waals surface area contributed by atoms with E-state index in [1.165, 1.54) is 32.2 Å². The van der Waals surface area contributed by atoms with Gasteiger partial charge in [-0.15, -0.1) is 0 Å². The Hall–Kier alpha value is -1.13. The van der Waals surface area contributed by atoms with Crippen molar-refractivity contribution in [2.45, 2.75) is 45.2 Å². The van der Waals surface area contributed by atoms with Crippen LogP contribution in [0.5, 0.6) is 0 Å². The minimum Gasteiger partial charge on any atom is -0.315 e. The molecular weight excluding hydrogens is 250 g/mol. The molecule has 112 valence electrons. The Labute approximate surface area is 121 Å². The summed E-state index contributed by atoms with van der Waals surface area (Å²) in [5.41, 5.74) is 0.102. The summed E-state index contributed by atoms with van der Waals surface area (Å²) >= 11 is 0. The highest BCUT2D eigenvalue weighted by Crippen LogP contribution is 2.16. The molecule has 4 nitrogen and oxygen atoms in total. The minimum atomic E-state index is 0.102. The number of likely N-dealkylation sites (tertiary alicyclic amines) is 1. The summed E-state index contributed by atoms with van der Waals surface area (Å²) in [4.78, 5) is 14.3. The fourth-order valence-corrected chi connectivity index (χ4v) is 2.91. The first-order valence-electron chi connectivity index (χ1n) is 7.91. The molecule has 1 atom stereocenters. The molecule has 1 unspecified atom stereocenters. The van der Waals surface area contributed by atoms with Gasteiger partial charge in [0.25, 0.3) is 5.56 Å². The molecule has 0 saturated carbocycles. The lowest BCUT2D eigenvalue weighted by molar-refractivity contribution is 0.140. The van der Waals surface area contributed by atoms with Crippen LogP contribution in [0.15, 0.2) is 29.2 Å². The standard InChI is InChI=1S/C16H27N3O/c1-2-9-17-14-15-7-3-5-10-18(15)12-13-19-11-6-4-8-16(19)20/h4,6,8,11,15,17H,2-3,5,7,9-10,12-14H2,1H3. The first-order valence-corrected chi connectivity index (χ1v) is 7.91. The van der Waals surface area contributed by atoms with Crippen molar-refractivity contribution in [1.82, 2.24) is 14.8 Å². The lowest BCUT2D eigenvalue weighted by atomic mass is 10.0. The molecule has 0 aromatic carbocycles. The molecule has 0 spiro atoms. The second-order valence-electron chi connectivity index (χ2n) is 5.62. The molecule has 0 radical (unpaired) electrons. The highest BCUT2D eigenvalue weighted by Gasteiger charge is 2.21. The summed E-state index contributed by atoms with van der Waals surface area (Å²) in [5, 5.41) is 3.53. The van der Waals surface area contributed by atoms with Crippen LogP contribution in [0.4, 0.5) is 0 Å². The van der Waals surface area contributed by atoms with Crippen LogP contribution in [0.3, 0.4) is 0 Å². The fourth-order valence-electron chi connectivity index (χ4n) is 2.91. The van der Waals surface area contributed by atoms with Crippen LogP contribution in [0.25, 0.3) is 0 Å². The van der Waals surface area contributed by atoms with Crippen LogP contribution in [-0.4, -0.2) is 41.7 Å². The van der Waals surface area contributed by atoms with Crippen molar-refractivity contribution in [1.29, 1.82) is 0 Å². The van der Waals surface area contributed by atoms with Gasteiger partial charge in [0.05, 0.1) is 0 Å². The third kappa shape index (κ3) is 4.46. The van der Waals surface area contributed by atoms with E-state index < -0.39 is 0 Å². The SMILES string of the molecule is CCCNCC1CCCCN1CCn1ccccc1=O. The molecule has 1 aliphatic heterocycles. The van der Waals surface area contributed by atoms with Crippen LogP contribution in [0, 0.1) is 0 Å². The van der Waals surface area contributed by atoms with Gasteiger partial charge >= 0.3 is 0 Å². The van der Waals surface area contributed by atoms with Crippen molar-refractivity contribution >= 4 is 0 Å². The Morgan fingerprint density at radius 2 is 2.20 bits per heavy atom. The van der Waals surface area contributed by atoms with E-state index in [0.717, 1.165) is 26.2 Å². The predicted octanol–water partition coefficient (Wildman–Crippen LogP) is 1.70. The van der Waals surface area contributed by atoms with Gasteiger partial charge in [-0.3, -0.25) is 9.69 Å². The van der Waals surface area contributed by atoms with E-state index in [4.69, 9.17) is 0 Å². The Kier molecular flexibility index (Phi) is 6.27. The van der Waals surface area contributed by atoms with Crippen molar-refractivity contribution in [3.63, 3.8) is 0 Å². The zero-order valence-electron chi connectivity index (χ0n) is 12.6. The number of hydrogen-bond donors (Lipinski definition) is 1. The number of nitrogens with one attached hydrogen (secondary N) is 1. The topological polar surface area (TPSA) is 37.3 Å². The van der Waals surface area contributed by atoms with Crippen molar-refractivity contribution in [2.75, 3.05) is 26.2 Å². The van der Waals surface area contributed by atoms with Gasteiger partial charge in [-0.25, -0.2) is 0 Å². The minimum absolute atomic E-state index is 0.102. The van der Waals surface area contributed by atoms with E-state index in [1.807, 2.05) is 16.8 Å². The summed E-state index contributed by atoms with van der Waals surface area (Å²) in [6.07, 6.45) is 6.97. The second kappa shape index (κ2) is 8.22. The van der Waals surface area contributed by atoms with Crippen LogP contribution in [0.2, 0.25) is 0 Å². The lowest BCUT2D eigenvalue weighted by Gasteiger charge is -2.36. The van der Waals surface area contributed by atoms with E-state index in [2.05, 4.69) is 17.1 Å². The smallest absolute Gasteiger partial charge is 0.250 e. The molecule has 1 aromatic heterocycles. The molecule has 2 rings (SSSR count). The van der Waals surface area contributed by atoms with Gasteiger partial charge in [-0.1, -0.05) is 19.4 Å². The maximum atomic E-state index is 11.7. The van der Waals surface area contributed by atoms with Crippen molar-refractivity contribution in [2.24, 2.45) is 0 Å². The zero-order chi connectivity index (χ0) is 14.2. The summed E-state index contributed by atoms with van der Waals surface area (Å²) in [6.45, 7) is 7.32. The number of aromatic nitrogens is 1. The molecule has 1 aromatic rings. The summed E-state index contributed by atoms with van der Waals surface area (Å²) in [6, 6.07) is 6.00. The number of piperidine rings is 1. The highest BCUT2D eigenvalue weighted by molar-refractivity contribution is 4.93. The molecule has 0 amide bonds. The molecule has 1 N–H and O–H groups in total. The predicted molar refractivity (Wildman–Crippen MR) is 83.1 cm³/mol. The van der Waals surface area contributed by atoms with E-state index in [1.54, 1.807) is 12.1 Å². The van der Waals surface area contributed by atoms with Crippen LogP contribution in [0.1, 0.15) is 32.6 Å².